The molecule has 0 spiro atoms. The summed E-state index contributed by atoms with van der Waals surface area (Å²) in [6.45, 7) is 0.627. The molecule has 0 atom stereocenters. The largest absolute Gasteiger partial charge is 0.497 e. The average molecular weight is 336 g/mol. The highest BCUT2D eigenvalue weighted by atomic mass is 16.5. The van der Waals surface area contributed by atoms with Crippen LogP contribution in [0.1, 0.15) is 5.56 Å². The third-order valence-corrected chi connectivity index (χ3v) is 3.63. The summed E-state index contributed by atoms with van der Waals surface area (Å²) in [6, 6.07) is 17.4. The molecular formula is C19H20N4O2. The number of anilines is 3. The van der Waals surface area contributed by atoms with Gasteiger partial charge in [0.05, 0.1) is 19.9 Å². The van der Waals surface area contributed by atoms with Gasteiger partial charge in [0.15, 0.2) is 0 Å². The normalized spacial score (nSPS) is 10.2. The molecule has 0 amide bonds. The fraction of sp³-hybridized carbons (Fsp3) is 0.158. The molecule has 0 aliphatic heterocycles. The van der Waals surface area contributed by atoms with Gasteiger partial charge in [0.2, 0.25) is 5.95 Å². The van der Waals surface area contributed by atoms with E-state index in [4.69, 9.17) is 9.47 Å². The van der Waals surface area contributed by atoms with Crippen LogP contribution < -0.4 is 20.1 Å². The number of rotatable bonds is 7. The van der Waals surface area contributed by atoms with Gasteiger partial charge in [0.25, 0.3) is 0 Å². The lowest BCUT2D eigenvalue weighted by Crippen LogP contribution is -2.05. The molecule has 25 heavy (non-hydrogen) atoms. The minimum absolute atomic E-state index is 0.552. The van der Waals surface area contributed by atoms with Gasteiger partial charge >= 0.3 is 0 Å². The second-order valence-corrected chi connectivity index (χ2v) is 5.29. The zero-order valence-corrected chi connectivity index (χ0v) is 14.2. The van der Waals surface area contributed by atoms with Crippen molar-refractivity contribution in [3.63, 3.8) is 0 Å². The molecule has 0 bridgehead atoms. The third-order valence-electron chi connectivity index (χ3n) is 3.63. The molecule has 0 radical (unpaired) electrons. The highest BCUT2D eigenvalue weighted by Gasteiger charge is 2.04. The lowest BCUT2D eigenvalue weighted by Gasteiger charge is -2.11. The van der Waals surface area contributed by atoms with E-state index in [9.17, 15) is 0 Å². The van der Waals surface area contributed by atoms with E-state index in [-0.39, 0.29) is 0 Å². The van der Waals surface area contributed by atoms with Crippen molar-refractivity contribution in [2.45, 2.75) is 6.54 Å². The van der Waals surface area contributed by atoms with Gasteiger partial charge in [-0.05, 0) is 35.9 Å². The zero-order chi connectivity index (χ0) is 17.5. The Morgan fingerprint density at radius 1 is 0.920 bits per heavy atom. The number of ether oxygens (including phenoxy) is 2. The summed E-state index contributed by atoms with van der Waals surface area (Å²) in [6.07, 6.45) is 1.71. The van der Waals surface area contributed by atoms with E-state index in [0.29, 0.717) is 18.3 Å². The maximum atomic E-state index is 5.34. The van der Waals surface area contributed by atoms with Crippen molar-refractivity contribution in [2.75, 3.05) is 24.9 Å². The second-order valence-electron chi connectivity index (χ2n) is 5.29. The first-order valence-corrected chi connectivity index (χ1v) is 7.88. The van der Waals surface area contributed by atoms with E-state index < -0.39 is 0 Å². The van der Waals surface area contributed by atoms with Crippen LogP contribution in [-0.4, -0.2) is 24.2 Å². The van der Waals surface area contributed by atoms with Gasteiger partial charge in [-0.2, -0.15) is 4.98 Å². The Balaban J connectivity index is 1.66. The Morgan fingerprint density at radius 2 is 1.72 bits per heavy atom. The van der Waals surface area contributed by atoms with Gasteiger partial charge in [-0.15, -0.1) is 0 Å². The topological polar surface area (TPSA) is 68.3 Å². The van der Waals surface area contributed by atoms with Crippen LogP contribution in [0.15, 0.2) is 60.8 Å². The summed E-state index contributed by atoms with van der Waals surface area (Å²) in [5.74, 6) is 2.84. The second kappa shape index (κ2) is 8.01. The first kappa shape index (κ1) is 16.6. The molecule has 1 aromatic heterocycles. The molecule has 3 aromatic rings. The van der Waals surface area contributed by atoms with E-state index in [0.717, 1.165) is 22.7 Å². The van der Waals surface area contributed by atoms with Crippen LogP contribution in [-0.2, 0) is 6.54 Å². The molecule has 0 fully saturated rings. The predicted molar refractivity (Wildman–Crippen MR) is 98.6 cm³/mol. The summed E-state index contributed by atoms with van der Waals surface area (Å²) in [5, 5.41) is 6.46. The van der Waals surface area contributed by atoms with Crippen LogP contribution in [0.4, 0.5) is 17.5 Å². The number of hydrogen-bond donors (Lipinski definition) is 2. The molecular weight excluding hydrogens is 316 g/mol. The molecule has 2 N–H and O–H groups in total. The predicted octanol–water partition coefficient (Wildman–Crippen LogP) is 3.85. The monoisotopic (exact) mass is 336 g/mol. The first-order valence-electron chi connectivity index (χ1n) is 7.88. The number of methoxy groups -OCH3 is 2. The summed E-state index contributed by atoms with van der Waals surface area (Å²) in [4.78, 5) is 8.73. The minimum Gasteiger partial charge on any atom is -0.497 e. The quantitative estimate of drug-likeness (QED) is 0.683. The molecule has 3 rings (SSSR count). The summed E-state index contributed by atoms with van der Waals surface area (Å²) in [5.41, 5.74) is 1.97. The highest BCUT2D eigenvalue weighted by Crippen LogP contribution is 2.26. The molecule has 128 valence electrons. The smallest absolute Gasteiger partial charge is 0.224 e. The third kappa shape index (κ3) is 4.38. The van der Waals surface area contributed by atoms with Crippen molar-refractivity contribution in [1.29, 1.82) is 0 Å². The molecule has 2 aromatic carbocycles. The number of hydrogen-bond acceptors (Lipinski definition) is 6. The summed E-state index contributed by atoms with van der Waals surface area (Å²) in [7, 11) is 3.30. The zero-order valence-electron chi connectivity index (χ0n) is 14.2. The van der Waals surface area contributed by atoms with Crippen LogP contribution in [0.25, 0.3) is 0 Å². The Kier molecular flexibility index (Phi) is 5.31. The van der Waals surface area contributed by atoms with Crippen LogP contribution in [0.5, 0.6) is 11.5 Å². The molecule has 0 aliphatic rings. The van der Waals surface area contributed by atoms with Crippen LogP contribution >= 0.6 is 0 Å². The number of nitrogens with zero attached hydrogens (tertiary/aromatic N) is 2. The fourth-order valence-corrected chi connectivity index (χ4v) is 2.32. The number of aromatic nitrogens is 2. The van der Waals surface area contributed by atoms with Gasteiger partial charge in [-0.25, -0.2) is 4.98 Å². The SMILES string of the molecule is COc1ccc(CNc2nccc(Nc3ccccc3OC)n2)cc1. The van der Waals surface area contributed by atoms with Crippen LogP contribution in [0, 0.1) is 0 Å². The van der Waals surface area contributed by atoms with Crippen molar-refractivity contribution in [3.8, 4) is 11.5 Å². The Labute approximate surface area is 146 Å². The van der Waals surface area contributed by atoms with Crippen LogP contribution in [0.2, 0.25) is 0 Å². The molecule has 0 saturated heterocycles. The maximum Gasteiger partial charge on any atom is 0.224 e. The van der Waals surface area contributed by atoms with Crippen molar-refractivity contribution in [1.82, 2.24) is 9.97 Å². The van der Waals surface area contributed by atoms with Gasteiger partial charge in [0, 0.05) is 12.7 Å². The van der Waals surface area contributed by atoms with E-state index in [1.807, 2.05) is 54.6 Å². The lowest BCUT2D eigenvalue weighted by molar-refractivity contribution is 0.414. The van der Waals surface area contributed by atoms with E-state index in [1.165, 1.54) is 0 Å². The van der Waals surface area contributed by atoms with Crippen molar-refractivity contribution in [3.05, 3.63) is 66.4 Å². The average Bonchev–Trinajstić information content (AvgIpc) is 2.67. The Bertz CT molecular complexity index is 822. The summed E-state index contributed by atoms with van der Waals surface area (Å²) < 4.78 is 10.5. The Morgan fingerprint density at radius 3 is 2.48 bits per heavy atom. The van der Waals surface area contributed by atoms with Crippen LogP contribution in [0.3, 0.4) is 0 Å². The molecule has 0 unspecified atom stereocenters. The van der Waals surface area contributed by atoms with E-state index >= 15 is 0 Å². The lowest BCUT2D eigenvalue weighted by atomic mass is 10.2. The van der Waals surface area contributed by atoms with Gasteiger partial charge in [-0.1, -0.05) is 24.3 Å². The van der Waals surface area contributed by atoms with Gasteiger partial charge in [-0.3, -0.25) is 0 Å². The number of para-hydroxylation sites is 2. The molecule has 6 nitrogen and oxygen atoms in total. The van der Waals surface area contributed by atoms with Crippen molar-refractivity contribution >= 4 is 17.5 Å². The maximum absolute atomic E-state index is 5.34. The molecule has 0 aliphatic carbocycles. The highest BCUT2D eigenvalue weighted by molar-refractivity contribution is 5.64. The van der Waals surface area contributed by atoms with E-state index in [2.05, 4.69) is 20.6 Å². The first-order chi connectivity index (χ1) is 12.3. The number of nitrogens with one attached hydrogen (secondary N) is 2. The standard InChI is InChI=1S/C19H20N4O2/c1-24-15-9-7-14(8-10-15)13-21-19-20-12-11-18(23-19)22-16-5-3-4-6-17(16)25-2/h3-12H,13H2,1-2H3,(H2,20,21,22,23). The van der Waals surface area contributed by atoms with Crippen molar-refractivity contribution in [2.24, 2.45) is 0 Å². The molecule has 6 heteroatoms. The minimum atomic E-state index is 0.552. The number of benzene rings is 2. The Hall–Kier alpha value is -3.28. The van der Waals surface area contributed by atoms with E-state index in [1.54, 1.807) is 20.4 Å². The molecule has 0 saturated carbocycles. The van der Waals surface area contributed by atoms with Gasteiger partial charge < -0.3 is 20.1 Å². The fourth-order valence-electron chi connectivity index (χ4n) is 2.32. The summed E-state index contributed by atoms with van der Waals surface area (Å²) >= 11 is 0. The molecule has 1 heterocycles. The van der Waals surface area contributed by atoms with Gasteiger partial charge in [0.1, 0.15) is 17.3 Å². The van der Waals surface area contributed by atoms with Crippen molar-refractivity contribution < 1.29 is 9.47 Å².